The van der Waals surface area contributed by atoms with Crippen molar-refractivity contribution in [1.29, 1.82) is 0 Å². The standard InChI is InChI=1S/C33H21Cl2NO3/c34-22-14-9-20(10-15-22)28-29(30(37)21-11-16-23(35)17-12-21)36-26-8-4-1-5-19(26)13-18-27(36)33(28)31(38)24-6-2-3-7-25(24)32(33)39/h1-18,27-29H/t27-,28-,29+/m0/s1. The van der Waals surface area contributed by atoms with E-state index in [9.17, 15) is 14.4 Å². The summed E-state index contributed by atoms with van der Waals surface area (Å²) in [5.41, 5.74) is 2.16. The predicted molar refractivity (Wildman–Crippen MR) is 153 cm³/mol. The summed E-state index contributed by atoms with van der Waals surface area (Å²) >= 11 is 12.4. The van der Waals surface area contributed by atoms with Gasteiger partial charge in [0.2, 0.25) is 0 Å². The Hall–Kier alpha value is -3.99. The maximum Gasteiger partial charge on any atom is 0.185 e. The molecule has 1 fully saturated rings. The van der Waals surface area contributed by atoms with Gasteiger partial charge in [-0.25, -0.2) is 0 Å². The van der Waals surface area contributed by atoms with Crippen molar-refractivity contribution in [2.45, 2.75) is 18.0 Å². The first-order valence-corrected chi connectivity index (χ1v) is 13.5. The molecular weight excluding hydrogens is 529 g/mol. The lowest BCUT2D eigenvalue weighted by atomic mass is 9.64. The van der Waals surface area contributed by atoms with E-state index in [2.05, 4.69) is 0 Å². The summed E-state index contributed by atoms with van der Waals surface area (Å²) in [6, 6.07) is 27.1. The number of hydrogen-bond acceptors (Lipinski definition) is 4. The molecule has 4 aromatic carbocycles. The van der Waals surface area contributed by atoms with Crippen molar-refractivity contribution < 1.29 is 14.4 Å². The van der Waals surface area contributed by atoms with Crippen LogP contribution in [0.3, 0.4) is 0 Å². The van der Waals surface area contributed by atoms with Crippen molar-refractivity contribution >= 4 is 52.3 Å². The van der Waals surface area contributed by atoms with Gasteiger partial charge in [0.25, 0.3) is 0 Å². The van der Waals surface area contributed by atoms with Crippen molar-refractivity contribution in [3.8, 4) is 0 Å². The van der Waals surface area contributed by atoms with Gasteiger partial charge in [0.15, 0.2) is 17.3 Å². The van der Waals surface area contributed by atoms with Gasteiger partial charge in [0, 0.05) is 38.3 Å². The van der Waals surface area contributed by atoms with Crippen LogP contribution in [0.25, 0.3) is 6.08 Å². The van der Waals surface area contributed by atoms with Gasteiger partial charge in [-0.2, -0.15) is 0 Å². The molecule has 2 aliphatic heterocycles. The second-order valence-electron chi connectivity index (χ2n) is 10.2. The Balaban J connectivity index is 1.54. The number of halogens is 2. The summed E-state index contributed by atoms with van der Waals surface area (Å²) in [5.74, 6) is -1.47. The number of nitrogens with zero attached hydrogens (tertiary/aromatic N) is 1. The van der Waals surface area contributed by atoms with Crippen LogP contribution >= 0.6 is 23.2 Å². The maximum atomic E-state index is 14.6. The molecule has 4 nitrogen and oxygen atoms in total. The van der Waals surface area contributed by atoms with E-state index in [0.29, 0.717) is 32.3 Å². The third-order valence-corrected chi connectivity index (χ3v) is 8.84. The van der Waals surface area contributed by atoms with Crippen LogP contribution in [0.2, 0.25) is 10.0 Å². The first-order valence-electron chi connectivity index (χ1n) is 12.7. The van der Waals surface area contributed by atoms with Gasteiger partial charge in [-0.05, 0) is 53.6 Å². The lowest BCUT2D eigenvalue weighted by Crippen LogP contribution is -2.48. The normalized spacial score (nSPS) is 22.1. The van der Waals surface area contributed by atoms with Crippen LogP contribution in [0, 0.1) is 5.41 Å². The molecular formula is C33H21Cl2NO3. The van der Waals surface area contributed by atoms with Crippen LogP contribution in [0.5, 0.6) is 0 Å². The number of fused-ring (bicyclic) bond motifs is 5. The van der Waals surface area contributed by atoms with Crippen molar-refractivity contribution in [3.63, 3.8) is 0 Å². The lowest BCUT2D eigenvalue weighted by Gasteiger charge is -2.37. The Labute approximate surface area is 235 Å². The van der Waals surface area contributed by atoms with Crippen molar-refractivity contribution in [2.75, 3.05) is 4.90 Å². The molecule has 6 heteroatoms. The molecule has 0 N–H and O–H groups in total. The number of hydrogen-bond donors (Lipinski definition) is 0. The minimum Gasteiger partial charge on any atom is -0.352 e. The summed E-state index contributed by atoms with van der Waals surface area (Å²) in [6.45, 7) is 0. The molecule has 0 unspecified atom stereocenters. The fourth-order valence-corrected chi connectivity index (χ4v) is 7.00. The van der Waals surface area contributed by atoms with Gasteiger partial charge in [-0.3, -0.25) is 14.4 Å². The average Bonchev–Trinajstić information content (AvgIpc) is 3.40. The highest BCUT2D eigenvalue weighted by Gasteiger charge is 2.71. The summed E-state index contributed by atoms with van der Waals surface area (Å²) in [6.07, 6.45) is 3.87. The number of benzene rings is 4. The highest BCUT2D eigenvalue weighted by molar-refractivity contribution is 6.33. The topological polar surface area (TPSA) is 54.5 Å². The molecule has 0 radical (unpaired) electrons. The number of para-hydroxylation sites is 1. The van der Waals surface area contributed by atoms with Crippen molar-refractivity contribution in [2.24, 2.45) is 5.41 Å². The lowest BCUT2D eigenvalue weighted by molar-refractivity contribution is 0.0666. The molecule has 3 atom stereocenters. The van der Waals surface area contributed by atoms with Crippen molar-refractivity contribution in [1.82, 2.24) is 0 Å². The second-order valence-corrected chi connectivity index (χ2v) is 11.1. The third-order valence-electron chi connectivity index (χ3n) is 8.34. The highest BCUT2D eigenvalue weighted by Crippen LogP contribution is 2.61. The summed E-state index contributed by atoms with van der Waals surface area (Å²) in [4.78, 5) is 45.7. The zero-order valence-corrected chi connectivity index (χ0v) is 22.1. The molecule has 0 saturated carbocycles. The van der Waals surface area contributed by atoms with Gasteiger partial charge < -0.3 is 4.90 Å². The monoisotopic (exact) mass is 549 g/mol. The van der Waals surface area contributed by atoms with E-state index in [1.165, 1.54) is 0 Å². The molecule has 4 aromatic rings. The first-order chi connectivity index (χ1) is 18.9. The van der Waals surface area contributed by atoms with E-state index in [4.69, 9.17) is 23.2 Å². The number of carbonyl (C=O) groups is 3. The second kappa shape index (κ2) is 8.77. The number of Topliss-reactive ketones (excluding diaryl/α,β-unsaturated/α-hetero) is 3. The van der Waals surface area contributed by atoms with E-state index >= 15 is 0 Å². The third kappa shape index (κ3) is 3.28. The minimum atomic E-state index is -1.53. The van der Waals surface area contributed by atoms with E-state index in [-0.39, 0.29) is 17.3 Å². The van der Waals surface area contributed by atoms with E-state index in [1.54, 1.807) is 60.7 Å². The van der Waals surface area contributed by atoms with Crippen molar-refractivity contribution in [3.05, 3.63) is 141 Å². The van der Waals surface area contributed by atoms with Crippen LogP contribution in [0.1, 0.15) is 48.1 Å². The molecule has 1 aliphatic carbocycles. The number of ketones is 3. The molecule has 0 bridgehead atoms. The number of carbonyl (C=O) groups excluding carboxylic acids is 3. The molecule has 190 valence electrons. The molecule has 3 aliphatic rings. The molecule has 1 spiro atoms. The Bertz CT molecular complexity index is 1670. The van der Waals surface area contributed by atoms with E-state index < -0.39 is 23.4 Å². The summed E-state index contributed by atoms with van der Waals surface area (Å²) < 4.78 is 0. The molecule has 1 saturated heterocycles. The largest absolute Gasteiger partial charge is 0.352 e. The zero-order chi connectivity index (χ0) is 26.9. The van der Waals surface area contributed by atoms with Crippen LogP contribution in [-0.4, -0.2) is 29.4 Å². The van der Waals surface area contributed by atoms with E-state index in [0.717, 1.165) is 11.3 Å². The van der Waals surface area contributed by atoms with Gasteiger partial charge in [-0.15, -0.1) is 0 Å². The first kappa shape index (κ1) is 24.1. The Kier molecular flexibility index (Phi) is 5.41. The molecule has 0 amide bonds. The van der Waals surface area contributed by atoms with Crippen LogP contribution in [0.4, 0.5) is 5.69 Å². The average molecular weight is 550 g/mol. The molecule has 2 heterocycles. The molecule has 0 aromatic heterocycles. The smallest absolute Gasteiger partial charge is 0.185 e. The Morgan fingerprint density at radius 1 is 0.718 bits per heavy atom. The SMILES string of the molecule is O=C(c1ccc(Cl)cc1)[C@H]1[C@H](c2ccc(Cl)cc2)C2(C(=O)c3ccccc3C2=O)[C@@H]2C=Cc3ccccc3N21. The fraction of sp³-hybridized carbons (Fsp3) is 0.121. The van der Waals surface area contributed by atoms with Gasteiger partial charge >= 0.3 is 0 Å². The van der Waals surface area contributed by atoms with Crippen LogP contribution in [0.15, 0.2) is 103 Å². The van der Waals surface area contributed by atoms with Gasteiger partial charge in [-0.1, -0.05) is 90.0 Å². The van der Waals surface area contributed by atoms with Crippen LogP contribution < -0.4 is 4.90 Å². The number of rotatable bonds is 3. The Morgan fingerprint density at radius 3 is 1.92 bits per heavy atom. The van der Waals surface area contributed by atoms with Gasteiger partial charge in [0.05, 0.1) is 6.04 Å². The van der Waals surface area contributed by atoms with Gasteiger partial charge in [0.1, 0.15) is 11.5 Å². The van der Waals surface area contributed by atoms with Crippen LogP contribution in [-0.2, 0) is 0 Å². The summed E-state index contributed by atoms with van der Waals surface area (Å²) in [7, 11) is 0. The molecule has 39 heavy (non-hydrogen) atoms. The highest BCUT2D eigenvalue weighted by atomic mass is 35.5. The quantitative estimate of drug-likeness (QED) is 0.198. The van der Waals surface area contributed by atoms with E-state index in [1.807, 2.05) is 53.5 Å². The zero-order valence-electron chi connectivity index (χ0n) is 20.6. The molecule has 7 rings (SSSR count). The Morgan fingerprint density at radius 2 is 1.28 bits per heavy atom. The predicted octanol–water partition coefficient (Wildman–Crippen LogP) is 7.31. The maximum absolute atomic E-state index is 14.6. The minimum absolute atomic E-state index is 0.185. The number of anilines is 1. The fourth-order valence-electron chi connectivity index (χ4n) is 6.75. The summed E-state index contributed by atoms with van der Waals surface area (Å²) in [5, 5.41) is 1.05.